The second kappa shape index (κ2) is 10.3. The van der Waals surface area contributed by atoms with Gasteiger partial charge in [-0.15, -0.1) is 11.3 Å². The zero-order valence-corrected chi connectivity index (χ0v) is 20.6. The topological polar surface area (TPSA) is 93.6 Å². The molecule has 0 saturated carbocycles. The molecule has 3 aromatic rings. The lowest BCUT2D eigenvalue weighted by molar-refractivity contribution is 0.0519. The molecule has 1 amide bonds. The number of rotatable bonds is 8. The van der Waals surface area contributed by atoms with E-state index < -0.39 is 15.8 Å². The molecule has 1 aromatic heterocycles. The standard InChI is InChI=1S/C24H26N2O5S2/c1-5-31-23(28)21-17(3)32-24(25-21)26(14-13-18-9-7-6-8-10-18)22(27)20-15-19(33(4,29)30)12-11-16(20)2/h6-12,15H,5,13-14H2,1-4H3. The number of esters is 1. The van der Waals surface area contributed by atoms with Gasteiger partial charge in [0, 0.05) is 23.2 Å². The fourth-order valence-electron chi connectivity index (χ4n) is 3.26. The molecule has 9 heteroatoms. The Morgan fingerprint density at radius 3 is 2.42 bits per heavy atom. The first kappa shape index (κ1) is 24.6. The van der Waals surface area contributed by atoms with Gasteiger partial charge in [-0.25, -0.2) is 18.2 Å². The summed E-state index contributed by atoms with van der Waals surface area (Å²) in [7, 11) is -3.49. The average Bonchev–Trinajstić information content (AvgIpc) is 3.15. The molecule has 0 unspecified atom stereocenters. The summed E-state index contributed by atoms with van der Waals surface area (Å²) in [4.78, 5) is 32.6. The summed E-state index contributed by atoms with van der Waals surface area (Å²) in [5.74, 6) is -0.915. The van der Waals surface area contributed by atoms with Crippen LogP contribution in [0, 0.1) is 13.8 Å². The Bertz CT molecular complexity index is 1270. The fourth-order valence-corrected chi connectivity index (χ4v) is 4.83. The third-order valence-corrected chi connectivity index (χ3v) is 7.17. The summed E-state index contributed by atoms with van der Waals surface area (Å²) >= 11 is 1.23. The van der Waals surface area contributed by atoms with Crippen molar-refractivity contribution in [1.82, 2.24) is 4.98 Å². The van der Waals surface area contributed by atoms with Gasteiger partial charge in [-0.2, -0.15) is 0 Å². The first-order chi connectivity index (χ1) is 15.6. The van der Waals surface area contributed by atoms with Crippen LogP contribution in [-0.4, -0.2) is 44.7 Å². The summed E-state index contributed by atoms with van der Waals surface area (Å²) < 4.78 is 29.2. The Morgan fingerprint density at radius 2 is 1.79 bits per heavy atom. The highest BCUT2D eigenvalue weighted by Gasteiger charge is 2.26. The minimum Gasteiger partial charge on any atom is -0.461 e. The summed E-state index contributed by atoms with van der Waals surface area (Å²) in [6.07, 6.45) is 1.67. The number of hydrogen-bond acceptors (Lipinski definition) is 7. The van der Waals surface area contributed by atoms with Gasteiger partial charge in [0.15, 0.2) is 20.7 Å². The third kappa shape index (κ3) is 5.85. The maximum absolute atomic E-state index is 13.7. The number of carbonyl (C=O) groups is 2. The highest BCUT2D eigenvalue weighted by Crippen LogP contribution is 2.29. The van der Waals surface area contributed by atoms with Crippen molar-refractivity contribution in [2.24, 2.45) is 0 Å². The van der Waals surface area contributed by atoms with Crippen LogP contribution in [0.4, 0.5) is 5.13 Å². The van der Waals surface area contributed by atoms with Crippen LogP contribution in [0.3, 0.4) is 0 Å². The molecule has 3 rings (SSSR count). The SMILES string of the molecule is CCOC(=O)c1nc(N(CCc2ccccc2)C(=O)c2cc(S(C)(=O)=O)ccc2C)sc1C. The molecule has 1 heterocycles. The molecule has 0 radical (unpaired) electrons. The molecule has 0 saturated heterocycles. The van der Waals surface area contributed by atoms with Gasteiger partial charge in [-0.1, -0.05) is 36.4 Å². The number of carbonyl (C=O) groups excluding carboxylic acids is 2. The van der Waals surface area contributed by atoms with Crippen molar-refractivity contribution >= 4 is 38.2 Å². The van der Waals surface area contributed by atoms with E-state index in [2.05, 4.69) is 4.98 Å². The molecule has 0 aliphatic rings. The van der Waals surface area contributed by atoms with E-state index in [4.69, 9.17) is 4.74 Å². The van der Waals surface area contributed by atoms with Crippen LogP contribution in [0.5, 0.6) is 0 Å². The van der Waals surface area contributed by atoms with Gasteiger partial charge in [0.1, 0.15) is 0 Å². The lowest BCUT2D eigenvalue weighted by Crippen LogP contribution is -2.33. The number of ether oxygens (including phenoxy) is 1. The quantitative estimate of drug-likeness (QED) is 0.442. The smallest absolute Gasteiger partial charge is 0.358 e. The molecular weight excluding hydrogens is 460 g/mol. The Labute approximate surface area is 198 Å². The maximum Gasteiger partial charge on any atom is 0.358 e. The largest absolute Gasteiger partial charge is 0.461 e. The van der Waals surface area contributed by atoms with Crippen LogP contribution in [0.2, 0.25) is 0 Å². The number of benzene rings is 2. The summed E-state index contributed by atoms with van der Waals surface area (Å²) in [6.45, 7) is 5.75. The minimum absolute atomic E-state index is 0.0713. The highest BCUT2D eigenvalue weighted by atomic mass is 32.2. The summed E-state index contributed by atoms with van der Waals surface area (Å²) in [6, 6.07) is 14.2. The molecule has 0 bridgehead atoms. The van der Waals surface area contributed by atoms with Gasteiger partial charge in [-0.05, 0) is 50.5 Å². The Kier molecular flexibility index (Phi) is 7.65. The van der Waals surface area contributed by atoms with Gasteiger partial charge < -0.3 is 4.74 Å². The number of sulfone groups is 1. The number of hydrogen-bond donors (Lipinski definition) is 0. The zero-order valence-electron chi connectivity index (χ0n) is 19.0. The molecule has 174 valence electrons. The van der Waals surface area contributed by atoms with Crippen molar-refractivity contribution in [3.8, 4) is 0 Å². The zero-order chi connectivity index (χ0) is 24.2. The Balaban J connectivity index is 2.03. The number of anilines is 1. The van der Waals surface area contributed by atoms with Crippen molar-refractivity contribution in [2.75, 3.05) is 24.3 Å². The number of amides is 1. The van der Waals surface area contributed by atoms with Crippen LogP contribution >= 0.6 is 11.3 Å². The van der Waals surface area contributed by atoms with Crippen molar-refractivity contribution in [2.45, 2.75) is 32.1 Å². The van der Waals surface area contributed by atoms with E-state index in [1.165, 1.54) is 28.4 Å². The van der Waals surface area contributed by atoms with Crippen LogP contribution in [0.1, 0.15) is 43.8 Å². The second-order valence-electron chi connectivity index (χ2n) is 7.56. The van der Waals surface area contributed by atoms with Gasteiger partial charge >= 0.3 is 5.97 Å². The summed E-state index contributed by atoms with van der Waals surface area (Å²) in [5, 5.41) is 0.362. The average molecular weight is 487 g/mol. The summed E-state index contributed by atoms with van der Waals surface area (Å²) in [5.41, 5.74) is 2.14. The molecule has 0 N–H and O–H groups in total. The van der Waals surface area contributed by atoms with Gasteiger partial charge in [-0.3, -0.25) is 9.69 Å². The van der Waals surface area contributed by atoms with E-state index in [9.17, 15) is 18.0 Å². The van der Waals surface area contributed by atoms with Crippen molar-refractivity contribution in [3.63, 3.8) is 0 Å². The minimum atomic E-state index is -3.49. The maximum atomic E-state index is 13.7. The highest BCUT2D eigenvalue weighted by molar-refractivity contribution is 7.90. The van der Waals surface area contributed by atoms with E-state index in [-0.39, 0.29) is 28.7 Å². The first-order valence-corrected chi connectivity index (χ1v) is 13.1. The number of thiazole rings is 1. The van der Waals surface area contributed by atoms with Crippen LogP contribution < -0.4 is 4.90 Å². The number of aryl methyl sites for hydroxylation is 2. The molecule has 0 spiro atoms. The van der Waals surface area contributed by atoms with Gasteiger partial charge in [0.25, 0.3) is 5.91 Å². The van der Waals surface area contributed by atoms with Crippen LogP contribution in [-0.2, 0) is 21.0 Å². The molecule has 0 aliphatic heterocycles. The van der Waals surface area contributed by atoms with Gasteiger partial charge in [0.2, 0.25) is 0 Å². The van der Waals surface area contributed by atoms with E-state index >= 15 is 0 Å². The molecule has 0 atom stereocenters. The lowest BCUT2D eigenvalue weighted by atomic mass is 10.1. The normalized spacial score (nSPS) is 11.3. The fraction of sp³-hybridized carbons (Fsp3) is 0.292. The predicted molar refractivity (Wildman–Crippen MR) is 129 cm³/mol. The van der Waals surface area contributed by atoms with E-state index in [0.717, 1.165) is 11.8 Å². The number of nitrogens with zero attached hydrogens (tertiary/aromatic N) is 2. The number of aromatic nitrogens is 1. The Hall–Kier alpha value is -3.04. The molecule has 33 heavy (non-hydrogen) atoms. The molecular formula is C24H26N2O5S2. The Morgan fingerprint density at radius 1 is 1.09 bits per heavy atom. The van der Waals surface area contributed by atoms with Crippen LogP contribution in [0.25, 0.3) is 0 Å². The van der Waals surface area contributed by atoms with Crippen molar-refractivity contribution in [3.05, 3.63) is 75.8 Å². The second-order valence-corrected chi connectivity index (χ2v) is 10.8. The van der Waals surface area contributed by atoms with Crippen LogP contribution in [0.15, 0.2) is 53.4 Å². The van der Waals surface area contributed by atoms with E-state index in [1.807, 2.05) is 30.3 Å². The predicted octanol–water partition coefficient (Wildman–Crippen LogP) is 4.23. The molecule has 2 aromatic carbocycles. The molecule has 0 aliphatic carbocycles. The lowest BCUT2D eigenvalue weighted by Gasteiger charge is -2.21. The van der Waals surface area contributed by atoms with Crippen molar-refractivity contribution < 1.29 is 22.7 Å². The first-order valence-electron chi connectivity index (χ1n) is 10.4. The van der Waals surface area contributed by atoms with E-state index in [0.29, 0.717) is 28.5 Å². The van der Waals surface area contributed by atoms with Gasteiger partial charge in [0.05, 0.1) is 11.5 Å². The van der Waals surface area contributed by atoms with Crippen molar-refractivity contribution in [1.29, 1.82) is 0 Å². The van der Waals surface area contributed by atoms with E-state index in [1.54, 1.807) is 26.8 Å². The monoisotopic (exact) mass is 486 g/mol. The molecule has 7 nitrogen and oxygen atoms in total. The molecule has 0 fully saturated rings. The third-order valence-electron chi connectivity index (χ3n) is 5.06.